The molecule has 0 spiro atoms. The molecule has 0 radical (unpaired) electrons. The monoisotopic (exact) mass is 581 g/mol. The van der Waals surface area contributed by atoms with Gasteiger partial charge in [-0.25, -0.2) is 0 Å². The Morgan fingerprint density at radius 1 is 1.07 bits per heavy atom. The van der Waals surface area contributed by atoms with E-state index >= 15 is 0 Å². The molecule has 232 valence electrons. The molecule has 0 bridgehead atoms. The van der Waals surface area contributed by atoms with Gasteiger partial charge in [-0.3, -0.25) is 0 Å². The Bertz CT molecular complexity index is 892. The number of rotatable bonds is 19. The molecular weight excluding hydrogens is 534 g/mol. The first-order valence-electron chi connectivity index (χ1n) is 14.7. The Labute approximate surface area is 243 Å². The minimum absolute atomic E-state index is 0.204. The average molecular weight is 582 g/mol. The van der Waals surface area contributed by atoms with E-state index in [1.54, 1.807) is 0 Å². The van der Waals surface area contributed by atoms with Gasteiger partial charge in [0.25, 0.3) is 0 Å². The Hall–Kier alpha value is -1.83. The Morgan fingerprint density at radius 2 is 1.83 bits per heavy atom. The van der Waals surface area contributed by atoms with E-state index in [-0.39, 0.29) is 12.7 Å². The van der Waals surface area contributed by atoms with Crippen molar-refractivity contribution in [2.24, 2.45) is 5.11 Å². The lowest BCUT2D eigenvalue weighted by molar-refractivity contribution is -0.317. The van der Waals surface area contributed by atoms with Crippen LogP contribution in [-0.2, 0) is 37.9 Å². The molecule has 9 atom stereocenters. The number of nitrogens with zero attached hydrogens (tertiary/aromatic N) is 3. The summed E-state index contributed by atoms with van der Waals surface area (Å²) in [5.74, 6) is 0. The molecule has 12 heteroatoms. The summed E-state index contributed by atoms with van der Waals surface area (Å²) in [6.45, 7) is 9.60. The molecule has 41 heavy (non-hydrogen) atoms. The number of hydrogen-bond acceptors (Lipinski definition) is 10. The predicted molar refractivity (Wildman–Crippen MR) is 150 cm³/mol. The Morgan fingerprint density at radius 3 is 2.51 bits per heavy atom. The van der Waals surface area contributed by atoms with Crippen LogP contribution in [0.5, 0.6) is 0 Å². The van der Waals surface area contributed by atoms with Gasteiger partial charge in [0, 0.05) is 23.7 Å². The van der Waals surface area contributed by atoms with E-state index in [1.807, 2.05) is 44.2 Å². The fourth-order valence-corrected chi connectivity index (χ4v) is 4.42. The summed E-state index contributed by atoms with van der Waals surface area (Å²) in [7, 11) is 0. The van der Waals surface area contributed by atoms with Crippen LogP contribution in [0.15, 0.2) is 35.4 Å². The molecule has 1 aromatic rings. The highest BCUT2D eigenvalue weighted by Gasteiger charge is 2.40. The van der Waals surface area contributed by atoms with Crippen molar-refractivity contribution in [2.45, 2.75) is 109 Å². The number of ether oxygens (including phenoxy) is 8. The maximum Gasteiger partial charge on any atom is 0.186 e. The van der Waals surface area contributed by atoms with Gasteiger partial charge in [-0.2, -0.15) is 0 Å². The quantitative estimate of drug-likeness (QED) is 0.0812. The average Bonchev–Trinajstić information content (AvgIpc) is 3.48. The maximum atomic E-state index is 9.55. The first-order valence-corrected chi connectivity index (χ1v) is 14.7. The minimum Gasteiger partial charge on any atom is -0.396 e. The largest absolute Gasteiger partial charge is 0.396 e. The third-order valence-corrected chi connectivity index (χ3v) is 7.02. The summed E-state index contributed by atoms with van der Waals surface area (Å²) in [6, 6.07) is 8.94. The molecule has 2 fully saturated rings. The molecule has 0 aromatic heterocycles. The van der Waals surface area contributed by atoms with Crippen LogP contribution in [0, 0.1) is 0 Å². The standard InChI is InChI=1S/C29H47N3O9/c1-5-7-14-34-17-26(35-15-8-6-2)29(39-21(4)24-19-37-28(40-24)23(16-33)31-32-30)41-25-18-36-27(38-20(25)3)22-12-10-9-11-13-22/h9-13,20-21,23-29,33H,5-8,14-19H2,1-4H3/t20-,21-,23-,24?,25-,26-,27?,28+,29+/m0/s1. The molecule has 3 rings (SSSR count). The van der Waals surface area contributed by atoms with E-state index in [0.29, 0.717) is 26.4 Å². The second kappa shape index (κ2) is 18.7. The molecule has 0 amide bonds. The van der Waals surface area contributed by atoms with Gasteiger partial charge in [-0.05, 0) is 32.2 Å². The lowest BCUT2D eigenvalue weighted by Crippen LogP contribution is -2.49. The summed E-state index contributed by atoms with van der Waals surface area (Å²) in [6.07, 6.45) is -0.487. The van der Waals surface area contributed by atoms with Gasteiger partial charge in [-0.1, -0.05) is 62.1 Å². The Balaban J connectivity index is 1.70. The fourth-order valence-electron chi connectivity index (χ4n) is 4.42. The van der Waals surface area contributed by atoms with Crippen molar-refractivity contribution in [3.05, 3.63) is 46.3 Å². The van der Waals surface area contributed by atoms with Gasteiger partial charge in [-0.15, -0.1) is 0 Å². The van der Waals surface area contributed by atoms with Gasteiger partial charge in [0.05, 0.1) is 38.6 Å². The van der Waals surface area contributed by atoms with Crippen molar-refractivity contribution in [2.75, 3.05) is 39.6 Å². The first-order chi connectivity index (χ1) is 20.0. The molecular formula is C29H47N3O9. The topological polar surface area (TPSA) is 143 Å². The predicted octanol–water partition coefficient (Wildman–Crippen LogP) is 4.65. The number of aliphatic hydroxyl groups is 1. The summed E-state index contributed by atoms with van der Waals surface area (Å²) >= 11 is 0. The number of aliphatic hydroxyl groups excluding tert-OH is 1. The van der Waals surface area contributed by atoms with E-state index < -0.39 is 55.9 Å². The summed E-state index contributed by atoms with van der Waals surface area (Å²) in [5.41, 5.74) is 9.73. The molecule has 2 aliphatic rings. The Kier molecular flexibility index (Phi) is 15.3. The zero-order chi connectivity index (χ0) is 29.5. The van der Waals surface area contributed by atoms with E-state index in [4.69, 9.17) is 43.4 Å². The summed E-state index contributed by atoms with van der Waals surface area (Å²) in [4.78, 5) is 2.77. The summed E-state index contributed by atoms with van der Waals surface area (Å²) in [5, 5.41) is 13.1. The van der Waals surface area contributed by atoms with Crippen LogP contribution in [0.1, 0.15) is 65.2 Å². The third kappa shape index (κ3) is 10.7. The van der Waals surface area contributed by atoms with Gasteiger partial charge in [0.15, 0.2) is 18.9 Å². The highest BCUT2D eigenvalue weighted by Crippen LogP contribution is 2.30. The normalized spacial score (nSPS) is 27.6. The highest BCUT2D eigenvalue weighted by molar-refractivity contribution is 5.16. The van der Waals surface area contributed by atoms with Gasteiger partial charge in [0.1, 0.15) is 24.4 Å². The zero-order valence-corrected chi connectivity index (χ0v) is 24.7. The smallest absolute Gasteiger partial charge is 0.186 e. The zero-order valence-electron chi connectivity index (χ0n) is 24.7. The van der Waals surface area contributed by atoms with Crippen molar-refractivity contribution in [1.29, 1.82) is 0 Å². The summed E-state index contributed by atoms with van der Waals surface area (Å²) < 4.78 is 49.0. The molecule has 0 saturated carbocycles. The van der Waals surface area contributed by atoms with Crippen LogP contribution in [0.3, 0.4) is 0 Å². The molecule has 12 nitrogen and oxygen atoms in total. The van der Waals surface area contributed by atoms with E-state index in [1.165, 1.54) is 0 Å². The number of azide groups is 1. The van der Waals surface area contributed by atoms with Crippen LogP contribution in [0.2, 0.25) is 0 Å². The van der Waals surface area contributed by atoms with Crippen molar-refractivity contribution in [3.8, 4) is 0 Å². The van der Waals surface area contributed by atoms with Gasteiger partial charge < -0.3 is 43.0 Å². The van der Waals surface area contributed by atoms with Crippen molar-refractivity contribution >= 4 is 0 Å². The molecule has 2 heterocycles. The van der Waals surface area contributed by atoms with E-state index in [2.05, 4.69) is 23.9 Å². The van der Waals surface area contributed by atoms with Crippen molar-refractivity contribution in [3.63, 3.8) is 0 Å². The number of unbranched alkanes of at least 4 members (excludes halogenated alkanes) is 2. The molecule has 1 N–H and O–H groups in total. The second-order valence-electron chi connectivity index (χ2n) is 10.3. The molecule has 1 aromatic carbocycles. The van der Waals surface area contributed by atoms with E-state index in [0.717, 1.165) is 31.2 Å². The highest BCUT2D eigenvalue weighted by atomic mass is 16.8. The fraction of sp³-hybridized carbons (Fsp3) is 0.793. The number of benzene rings is 1. The van der Waals surface area contributed by atoms with Gasteiger partial charge >= 0.3 is 0 Å². The lowest BCUT2D eigenvalue weighted by atomic mass is 10.1. The van der Waals surface area contributed by atoms with Crippen LogP contribution < -0.4 is 0 Å². The van der Waals surface area contributed by atoms with Crippen LogP contribution in [0.25, 0.3) is 10.4 Å². The maximum absolute atomic E-state index is 9.55. The molecule has 0 aliphatic carbocycles. The first kappa shape index (κ1) is 33.7. The van der Waals surface area contributed by atoms with Gasteiger partial charge in [0.2, 0.25) is 0 Å². The molecule has 2 saturated heterocycles. The minimum atomic E-state index is -0.865. The molecule has 2 unspecified atom stereocenters. The second-order valence-corrected chi connectivity index (χ2v) is 10.3. The third-order valence-electron chi connectivity index (χ3n) is 7.02. The lowest BCUT2D eigenvalue weighted by Gasteiger charge is -2.39. The van der Waals surface area contributed by atoms with Crippen LogP contribution in [0.4, 0.5) is 0 Å². The van der Waals surface area contributed by atoms with Crippen molar-refractivity contribution < 1.29 is 43.0 Å². The number of hydrogen-bond donors (Lipinski definition) is 1. The van der Waals surface area contributed by atoms with E-state index in [9.17, 15) is 5.11 Å². The molecule has 2 aliphatic heterocycles. The van der Waals surface area contributed by atoms with Crippen molar-refractivity contribution in [1.82, 2.24) is 0 Å². The SMILES string of the molecule is CCCCOC[C@H](OCCCC)[C@H](O[C@@H](C)C1CO[C@@H]([C@H](CO)N=[N+]=[N-])O1)O[C@H]1COC(c2ccccc2)O[C@H]1C. The van der Waals surface area contributed by atoms with Crippen LogP contribution in [-0.4, -0.2) is 93.9 Å². The van der Waals surface area contributed by atoms with Crippen LogP contribution >= 0.6 is 0 Å².